The summed E-state index contributed by atoms with van der Waals surface area (Å²) < 4.78 is 6.84. The van der Waals surface area contributed by atoms with Crippen LogP contribution in [0.25, 0.3) is 0 Å². The molecule has 1 aromatic carbocycles. The average Bonchev–Trinajstić information content (AvgIpc) is 2.81. The van der Waals surface area contributed by atoms with Crippen LogP contribution in [-0.4, -0.2) is 30.4 Å². The SMILES string of the molecule is CC1CNCCC1(O)Cc1cc(Br)cc2c1OCC2. The molecule has 19 heavy (non-hydrogen) atoms. The summed E-state index contributed by atoms with van der Waals surface area (Å²) in [7, 11) is 0. The number of rotatable bonds is 2. The van der Waals surface area contributed by atoms with E-state index < -0.39 is 5.60 Å². The lowest BCUT2D eigenvalue weighted by molar-refractivity contribution is -0.0333. The topological polar surface area (TPSA) is 41.5 Å². The molecule has 0 spiro atoms. The largest absolute Gasteiger partial charge is 0.493 e. The Bertz CT molecular complexity index is 491. The molecular weight excluding hydrogens is 306 g/mol. The highest BCUT2D eigenvalue weighted by Crippen LogP contribution is 2.37. The Morgan fingerprint density at radius 3 is 3.16 bits per heavy atom. The quantitative estimate of drug-likeness (QED) is 0.876. The predicted octanol–water partition coefficient (Wildman–Crippen LogP) is 2.29. The summed E-state index contributed by atoms with van der Waals surface area (Å²) in [4.78, 5) is 0. The molecule has 0 aliphatic carbocycles. The summed E-state index contributed by atoms with van der Waals surface area (Å²) in [5.41, 5.74) is 1.78. The number of hydrogen-bond acceptors (Lipinski definition) is 3. The minimum Gasteiger partial charge on any atom is -0.493 e. The van der Waals surface area contributed by atoms with E-state index in [0.29, 0.717) is 6.42 Å². The lowest BCUT2D eigenvalue weighted by Gasteiger charge is -2.39. The van der Waals surface area contributed by atoms with E-state index in [1.807, 2.05) is 0 Å². The number of nitrogens with one attached hydrogen (secondary N) is 1. The Morgan fingerprint density at radius 1 is 1.53 bits per heavy atom. The van der Waals surface area contributed by atoms with Crippen LogP contribution < -0.4 is 10.1 Å². The summed E-state index contributed by atoms with van der Waals surface area (Å²) in [6.45, 7) is 4.64. The Hall–Kier alpha value is -0.580. The summed E-state index contributed by atoms with van der Waals surface area (Å²) in [6.07, 6.45) is 2.45. The van der Waals surface area contributed by atoms with E-state index in [-0.39, 0.29) is 5.92 Å². The van der Waals surface area contributed by atoms with Gasteiger partial charge in [0.2, 0.25) is 0 Å². The predicted molar refractivity (Wildman–Crippen MR) is 78.6 cm³/mol. The normalized spacial score (nSPS) is 29.9. The smallest absolute Gasteiger partial charge is 0.125 e. The van der Waals surface area contributed by atoms with Crippen LogP contribution in [0.2, 0.25) is 0 Å². The maximum Gasteiger partial charge on any atom is 0.125 e. The third-order valence-electron chi connectivity index (χ3n) is 4.42. The molecule has 3 rings (SSSR count). The first kappa shape index (κ1) is 13.4. The summed E-state index contributed by atoms with van der Waals surface area (Å²) in [5.74, 6) is 1.26. The molecule has 1 saturated heterocycles. The molecule has 2 unspecified atom stereocenters. The molecule has 2 N–H and O–H groups in total. The van der Waals surface area contributed by atoms with E-state index in [4.69, 9.17) is 4.74 Å². The molecule has 0 radical (unpaired) electrons. The fraction of sp³-hybridized carbons (Fsp3) is 0.600. The first-order valence-electron chi connectivity index (χ1n) is 6.96. The number of aliphatic hydroxyl groups is 1. The van der Waals surface area contributed by atoms with Crippen molar-refractivity contribution >= 4 is 15.9 Å². The van der Waals surface area contributed by atoms with Crippen molar-refractivity contribution in [3.8, 4) is 5.75 Å². The molecule has 2 aliphatic heterocycles. The van der Waals surface area contributed by atoms with Crippen molar-refractivity contribution in [3.05, 3.63) is 27.7 Å². The Morgan fingerprint density at radius 2 is 2.37 bits per heavy atom. The number of halogens is 1. The number of ether oxygens (including phenoxy) is 1. The van der Waals surface area contributed by atoms with E-state index in [1.54, 1.807) is 0 Å². The van der Waals surface area contributed by atoms with Gasteiger partial charge in [-0.2, -0.15) is 0 Å². The Labute approximate surface area is 122 Å². The van der Waals surface area contributed by atoms with Crippen molar-refractivity contribution in [2.75, 3.05) is 19.7 Å². The fourth-order valence-corrected chi connectivity index (χ4v) is 3.68. The molecular formula is C15H20BrNO2. The van der Waals surface area contributed by atoms with Crippen molar-refractivity contribution in [2.24, 2.45) is 5.92 Å². The summed E-state index contributed by atoms with van der Waals surface area (Å²) in [5, 5.41) is 14.2. The molecule has 1 aromatic rings. The molecule has 2 aliphatic rings. The minimum absolute atomic E-state index is 0.261. The molecule has 3 nitrogen and oxygen atoms in total. The van der Waals surface area contributed by atoms with Crippen LogP contribution in [0.5, 0.6) is 5.75 Å². The monoisotopic (exact) mass is 325 g/mol. The van der Waals surface area contributed by atoms with Gasteiger partial charge in [-0.3, -0.25) is 0 Å². The standard InChI is InChI=1S/C15H20BrNO2/c1-10-9-17-4-3-15(10,18)8-12-7-13(16)6-11-2-5-19-14(11)12/h6-7,10,17-18H,2-5,8-9H2,1H3. The number of benzene rings is 1. The second kappa shape index (κ2) is 5.08. The second-order valence-corrected chi connectivity index (χ2v) is 6.70. The molecule has 2 atom stereocenters. The zero-order valence-electron chi connectivity index (χ0n) is 11.2. The lowest BCUT2D eigenvalue weighted by Crippen LogP contribution is -2.50. The van der Waals surface area contributed by atoms with Crippen LogP contribution in [0.15, 0.2) is 16.6 Å². The molecule has 0 aromatic heterocycles. The highest BCUT2D eigenvalue weighted by molar-refractivity contribution is 9.10. The average molecular weight is 326 g/mol. The van der Waals surface area contributed by atoms with Crippen molar-refractivity contribution in [2.45, 2.75) is 31.8 Å². The van der Waals surface area contributed by atoms with E-state index in [0.717, 1.165) is 48.3 Å². The van der Waals surface area contributed by atoms with Gasteiger partial charge in [0.15, 0.2) is 0 Å². The van der Waals surface area contributed by atoms with E-state index in [1.165, 1.54) is 5.56 Å². The maximum atomic E-state index is 10.9. The van der Waals surface area contributed by atoms with Crippen molar-refractivity contribution in [3.63, 3.8) is 0 Å². The van der Waals surface area contributed by atoms with Gasteiger partial charge in [-0.1, -0.05) is 22.9 Å². The number of fused-ring (bicyclic) bond motifs is 1. The van der Waals surface area contributed by atoms with Gasteiger partial charge in [0.1, 0.15) is 5.75 Å². The minimum atomic E-state index is -0.619. The molecule has 104 valence electrons. The molecule has 0 saturated carbocycles. The van der Waals surface area contributed by atoms with Crippen molar-refractivity contribution < 1.29 is 9.84 Å². The number of piperidine rings is 1. The van der Waals surface area contributed by atoms with E-state index in [9.17, 15) is 5.11 Å². The zero-order valence-corrected chi connectivity index (χ0v) is 12.8. The maximum absolute atomic E-state index is 10.9. The fourth-order valence-electron chi connectivity index (χ4n) is 3.13. The second-order valence-electron chi connectivity index (χ2n) is 5.79. The van der Waals surface area contributed by atoms with E-state index >= 15 is 0 Å². The summed E-state index contributed by atoms with van der Waals surface area (Å²) in [6, 6.07) is 4.22. The van der Waals surface area contributed by atoms with Gasteiger partial charge < -0.3 is 15.2 Å². The zero-order chi connectivity index (χ0) is 13.5. The van der Waals surface area contributed by atoms with Crippen LogP contribution in [0.1, 0.15) is 24.5 Å². The lowest BCUT2D eigenvalue weighted by atomic mass is 9.78. The van der Waals surface area contributed by atoms with Gasteiger partial charge in [0.05, 0.1) is 12.2 Å². The Balaban J connectivity index is 1.91. The van der Waals surface area contributed by atoms with Gasteiger partial charge in [0, 0.05) is 23.9 Å². The van der Waals surface area contributed by atoms with Crippen LogP contribution in [-0.2, 0) is 12.8 Å². The van der Waals surface area contributed by atoms with Gasteiger partial charge in [-0.25, -0.2) is 0 Å². The molecule has 4 heteroatoms. The van der Waals surface area contributed by atoms with Gasteiger partial charge >= 0.3 is 0 Å². The molecule has 0 amide bonds. The van der Waals surface area contributed by atoms with Crippen LogP contribution >= 0.6 is 15.9 Å². The van der Waals surface area contributed by atoms with Crippen molar-refractivity contribution in [1.82, 2.24) is 5.32 Å². The van der Waals surface area contributed by atoms with E-state index in [2.05, 4.69) is 40.3 Å². The summed E-state index contributed by atoms with van der Waals surface area (Å²) >= 11 is 3.56. The van der Waals surface area contributed by atoms with Crippen LogP contribution in [0.4, 0.5) is 0 Å². The highest BCUT2D eigenvalue weighted by atomic mass is 79.9. The third-order valence-corrected chi connectivity index (χ3v) is 4.88. The van der Waals surface area contributed by atoms with Crippen LogP contribution in [0.3, 0.4) is 0 Å². The first-order chi connectivity index (χ1) is 9.08. The van der Waals surface area contributed by atoms with Gasteiger partial charge in [0.25, 0.3) is 0 Å². The van der Waals surface area contributed by atoms with Crippen molar-refractivity contribution in [1.29, 1.82) is 0 Å². The molecule has 0 bridgehead atoms. The van der Waals surface area contributed by atoms with Crippen LogP contribution in [0, 0.1) is 5.92 Å². The molecule has 2 heterocycles. The number of hydrogen-bond donors (Lipinski definition) is 2. The molecule has 1 fully saturated rings. The Kier molecular flexibility index (Phi) is 3.58. The third kappa shape index (κ3) is 2.54. The van der Waals surface area contributed by atoms with Gasteiger partial charge in [-0.05, 0) is 42.1 Å². The highest BCUT2D eigenvalue weighted by Gasteiger charge is 2.37. The first-order valence-corrected chi connectivity index (χ1v) is 7.75. The van der Waals surface area contributed by atoms with Gasteiger partial charge in [-0.15, -0.1) is 0 Å².